The molecule has 1 aromatic carbocycles. The first-order valence-electron chi connectivity index (χ1n) is 5.87. The van der Waals surface area contributed by atoms with Crippen LogP contribution in [0.25, 0.3) is 0 Å². The Labute approximate surface area is 128 Å². The van der Waals surface area contributed by atoms with E-state index in [1.807, 2.05) is 0 Å². The quantitative estimate of drug-likeness (QED) is 0.779. The first kappa shape index (κ1) is 20.1. The summed E-state index contributed by atoms with van der Waals surface area (Å²) in [6.45, 7) is 1.04. The molecular weight excluding hydrogens is 361 g/mol. The normalized spacial score (nSPS) is 13.8. The van der Waals surface area contributed by atoms with Crippen LogP contribution in [-0.4, -0.2) is 29.5 Å². The van der Waals surface area contributed by atoms with E-state index in [1.165, 1.54) is 0 Å². The molecule has 24 heavy (non-hydrogen) atoms. The van der Waals surface area contributed by atoms with Gasteiger partial charge in [0.1, 0.15) is 0 Å². The predicted octanol–water partition coefficient (Wildman–Crippen LogP) is 3.81. The fourth-order valence-corrected chi connectivity index (χ4v) is 1.66. The van der Waals surface area contributed by atoms with Gasteiger partial charge in [0.15, 0.2) is 0 Å². The van der Waals surface area contributed by atoms with Crippen molar-refractivity contribution in [1.82, 2.24) is 0 Å². The Kier molecular flexibility index (Phi) is 4.87. The molecule has 136 valence electrons. The van der Waals surface area contributed by atoms with E-state index >= 15 is 0 Å². The maximum atomic E-state index is 12.7. The molecule has 0 heterocycles. The van der Waals surface area contributed by atoms with E-state index in [2.05, 4.69) is 0 Å². The average molecular weight is 369 g/mol. The van der Waals surface area contributed by atoms with Gasteiger partial charge in [-0.3, -0.25) is 4.79 Å². The van der Waals surface area contributed by atoms with Crippen molar-refractivity contribution >= 4 is 11.6 Å². The van der Waals surface area contributed by atoms with Crippen molar-refractivity contribution in [2.24, 2.45) is 0 Å². The number of carbonyl (C=O) groups excluding carboxylic acids is 1. The molecule has 0 aliphatic rings. The van der Waals surface area contributed by atoms with Crippen molar-refractivity contribution in [3.05, 3.63) is 29.3 Å². The molecule has 0 bridgehead atoms. The summed E-state index contributed by atoms with van der Waals surface area (Å²) < 4.78 is 113. The third kappa shape index (κ3) is 3.57. The molecule has 0 aromatic heterocycles. The Morgan fingerprint density at radius 3 is 1.79 bits per heavy atom. The molecule has 0 atom stereocenters. The largest absolute Gasteiger partial charge is 0.471 e. The summed E-state index contributed by atoms with van der Waals surface area (Å²) in [5.74, 6) is -2.59. The van der Waals surface area contributed by atoms with Gasteiger partial charge >= 0.3 is 24.4 Å². The third-order valence-corrected chi connectivity index (χ3v) is 2.98. The van der Waals surface area contributed by atoms with E-state index in [-0.39, 0.29) is 17.7 Å². The molecule has 0 saturated carbocycles. The summed E-state index contributed by atoms with van der Waals surface area (Å²) in [6.07, 6.45) is -17.8. The van der Waals surface area contributed by atoms with Gasteiger partial charge in [0.2, 0.25) is 0 Å². The lowest BCUT2D eigenvalue weighted by atomic mass is 9.91. The number of hydrogen-bond acceptors (Lipinski definition) is 2. The third-order valence-electron chi connectivity index (χ3n) is 2.98. The Balaban J connectivity index is 3.46. The highest BCUT2D eigenvalue weighted by atomic mass is 19.4. The first-order chi connectivity index (χ1) is 10.5. The van der Waals surface area contributed by atoms with Crippen LogP contribution < -0.4 is 5.32 Å². The topological polar surface area (TPSA) is 49.3 Å². The van der Waals surface area contributed by atoms with Gasteiger partial charge in [0, 0.05) is 11.3 Å². The van der Waals surface area contributed by atoms with Crippen molar-refractivity contribution in [2.75, 3.05) is 5.32 Å². The Bertz CT molecular complexity index is 617. The van der Waals surface area contributed by atoms with Gasteiger partial charge in [-0.2, -0.15) is 39.5 Å². The fourth-order valence-electron chi connectivity index (χ4n) is 1.66. The van der Waals surface area contributed by atoms with E-state index < -0.39 is 41.3 Å². The molecular formula is C12H8F9NO2. The molecule has 12 heteroatoms. The fraction of sp³-hybridized carbons (Fsp3) is 0.417. The van der Waals surface area contributed by atoms with Crippen LogP contribution in [0, 0.1) is 6.92 Å². The number of nitrogens with one attached hydrogen (secondary N) is 1. The van der Waals surface area contributed by atoms with Crippen LogP contribution in [0.5, 0.6) is 0 Å². The first-order valence-corrected chi connectivity index (χ1v) is 5.87. The number of aryl methyl sites for hydroxylation is 1. The van der Waals surface area contributed by atoms with Crippen molar-refractivity contribution in [1.29, 1.82) is 0 Å². The Morgan fingerprint density at radius 2 is 1.42 bits per heavy atom. The second-order valence-corrected chi connectivity index (χ2v) is 4.69. The van der Waals surface area contributed by atoms with Gasteiger partial charge in [0.05, 0.1) is 0 Å². The van der Waals surface area contributed by atoms with Gasteiger partial charge in [-0.1, -0.05) is 12.1 Å². The van der Waals surface area contributed by atoms with Gasteiger partial charge in [-0.25, -0.2) is 0 Å². The summed E-state index contributed by atoms with van der Waals surface area (Å²) in [5, 5.41) is 10.3. The van der Waals surface area contributed by atoms with Crippen LogP contribution in [0.4, 0.5) is 45.2 Å². The van der Waals surface area contributed by atoms with E-state index in [0.29, 0.717) is 6.07 Å². The van der Waals surface area contributed by atoms with E-state index in [1.54, 1.807) is 0 Å². The lowest BCUT2D eigenvalue weighted by molar-refractivity contribution is -0.376. The van der Waals surface area contributed by atoms with Crippen LogP contribution in [0.1, 0.15) is 11.1 Å². The SMILES string of the molecule is Cc1ccc(C(O)(C(F)(F)F)C(F)(F)F)cc1NC(=O)C(F)(F)F. The number of rotatable bonds is 2. The Morgan fingerprint density at radius 1 is 0.958 bits per heavy atom. The molecule has 0 saturated heterocycles. The van der Waals surface area contributed by atoms with Crippen LogP contribution in [0.2, 0.25) is 0 Å². The molecule has 0 spiro atoms. The van der Waals surface area contributed by atoms with Crippen molar-refractivity contribution in [2.45, 2.75) is 31.1 Å². The molecule has 0 aliphatic heterocycles. The minimum atomic E-state index is -6.20. The number of aliphatic hydroxyl groups is 1. The highest BCUT2D eigenvalue weighted by Gasteiger charge is 2.71. The van der Waals surface area contributed by atoms with Crippen LogP contribution >= 0.6 is 0 Å². The van der Waals surface area contributed by atoms with Crippen molar-refractivity contribution < 1.29 is 49.4 Å². The zero-order valence-corrected chi connectivity index (χ0v) is 11.5. The van der Waals surface area contributed by atoms with Crippen molar-refractivity contribution in [3.8, 4) is 0 Å². The van der Waals surface area contributed by atoms with Gasteiger partial charge < -0.3 is 10.4 Å². The maximum absolute atomic E-state index is 12.7. The second kappa shape index (κ2) is 5.83. The lowest BCUT2D eigenvalue weighted by Crippen LogP contribution is -2.54. The molecule has 1 amide bonds. The zero-order valence-electron chi connectivity index (χ0n) is 11.5. The summed E-state index contributed by atoms with van der Waals surface area (Å²) in [5.41, 5.74) is -8.30. The highest BCUT2D eigenvalue weighted by molar-refractivity contribution is 5.95. The lowest BCUT2D eigenvalue weighted by Gasteiger charge is -2.33. The Hall–Kier alpha value is -1.98. The minimum absolute atomic E-state index is 0.0139. The van der Waals surface area contributed by atoms with Crippen LogP contribution in [-0.2, 0) is 10.4 Å². The van der Waals surface area contributed by atoms with E-state index in [4.69, 9.17) is 0 Å². The molecule has 0 fully saturated rings. The molecule has 0 radical (unpaired) electrons. The van der Waals surface area contributed by atoms with Gasteiger partial charge in [-0.05, 0) is 18.6 Å². The molecule has 0 unspecified atom stereocenters. The average Bonchev–Trinajstić information content (AvgIpc) is 2.36. The van der Waals surface area contributed by atoms with Crippen molar-refractivity contribution in [3.63, 3.8) is 0 Å². The molecule has 0 aliphatic carbocycles. The number of anilines is 1. The molecule has 1 rings (SSSR count). The van der Waals surface area contributed by atoms with Gasteiger partial charge in [0.25, 0.3) is 5.60 Å². The monoisotopic (exact) mass is 369 g/mol. The predicted molar refractivity (Wildman–Crippen MR) is 61.9 cm³/mol. The number of hydrogen-bond donors (Lipinski definition) is 2. The van der Waals surface area contributed by atoms with Gasteiger partial charge in [-0.15, -0.1) is 0 Å². The second-order valence-electron chi connectivity index (χ2n) is 4.69. The summed E-state index contributed by atoms with van der Waals surface area (Å²) in [4.78, 5) is 10.8. The number of carbonyl (C=O) groups is 1. The number of benzene rings is 1. The summed E-state index contributed by atoms with van der Waals surface area (Å²) >= 11 is 0. The molecule has 3 nitrogen and oxygen atoms in total. The van der Waals surface area contributed by atoms with Crippen LogP contribution in [0.15, 0.2) is 18.2 Å². The highest BCUT2D eigenvalue weighted by Crippen LogP contribution is 2.50. The molecule has 2 N–H and O–H groups in total. The number of halogens is 9. The van der Waals surface area contributed by atoms with Crippen LogP contribution in [0.3, 0.4) is 0 Å². The van der Waals surface area contributed by atoms with E-state index in [9.17, 15) is 49.4 Å². The summed E-state index contributed by atoms with van der Waals surface area (Å²) in [6, 6.07) is 0.837. The smallest absolute Gasteiger partial charge is 0.369 e. The zero-order chi connectivity index (χ0) is 19.1. The minimum Gasteiger partial charge on any atom is -0.369 e. The number of alkyl halides is 9. The number of amides is 1. The summed E-state index contributed by atoms with van der Waals surface area (Å²) in [7, 11) is 0. The maximum Gasteiger partial charge on any atom is 0.471 e. The van der Waals surface area contributed by atoms with E-state index in [0.717, 1.165) is 12.2 Å². The molecule has 1 aromatic rings. The standard InChI is InChI=1S/C12H8F9NO2/c1-5-2-3-6(4-7(5)22-8(23)10(13,14)15)9(24,11(16,17)18)12(19,20)21/h2-4,24H,1H3,(H,22,23).